The first-order valence-corrected chi connectivity index (χ1v) is 9.17. The number of piperidine rings is 1. The number of aryl methyl sites for hydroxylation is 1. The van der Waals surface area contributed by atoms with Crippen LogP contribution in [0.1, 0.15) is 43.3 Å². The van der Waals surface area contributed by atoms with Gasteiger partial charge in [0.25, 0.3) is 0 Å². The first-order chi connectivity index (χ1) is 11.5. The number of aromatic nitrogens is 3. The Kier molecular flexibility index (Phi) is 5.08. The molecule has 1 aliphatic rings. The van der Waals surface area contributed by atoms with Crippen LogP contribution in [0, 0.1) is 12.8 Å². The third kappa shape index (κ3) is 3.90. The van der Waals surface area contributed by atoms with Crippen molar-refractivity contribution in [3.8, 4) is 0 Å². The minimum Gasteiger partial charge on any atom is -0.346 e. The third-order valence-corrected chi connectivity index (χ3v) is 5.41. The molecule has 0 radical (unpaired) electrons. The van der Waals surface area contributed by atoms with Gasteiger partial charge in [0.05, 0.1) is 5.92 Å². The van der Waals surface area contributed by atoms with E-state index in [1.807, 2.05) is 25.1 Å². The molecule has 1 saturated heterocycles. The maximum absolute atomic E-state index is 12.6. The van der Waals surface area contributed by atoms with Gasteiger partial charge in [-0.25, -0.2) is 4.98 Å². The molecule has 0 aromatic carbocycles. The van der Waals surface area contributed by atoms with Crippen LogP contribution in [-0.4, -0.2) is 34.2 Å². The van der Waals surface area contributed by atoms with Crippen LogP contribution in [0.4, 0.5) is 10.9 Å². The normalized spacial score (nSPS) is 18.0. The summed E-state index contributed by atoms with van der Waals surface area (Å²) >= 11 is 1.63. The molecule has 7 heteroatoms. The van der Waals surface area contributed by atoms with E-state index in [4.69, 9.17) is 0 Å². The predicted octanol–water partition coefficient (Wildman–Crippen LogP) is 3.22. The number of hydrogen-bond acceptors (Lipinski definition) is 6. The molecule has 0 unspecified atom stereocenters. The number of pyridine rings is 1. The summed E-state index contributed by atoms with van der Waals surface area (Å²) in [5.74, 6) is 0.988. The molecule has 0 spiro atoms. The van der Waals surface area contributed by atoms with Gasteiger partial charge in [-0.05, 0) is 31.9 Å². The van der Waals surface area contributed by atoms with Crippen LogP contribution in [-0.2, 0) is 4.79 Å². The van der Waals surface area contributed by atoms with Gasteiger partial charge in [0.15, 0.2) is 0 Å². The average Bonchev–Trinajstić information content (AvgIpc) is 3.05. The maximum Gasteiger partial charge on any atom is 0.230 e. The SMILES string of the molecule is Cc1cccc(NC(=O)[C@H]2CCCN(c3nnc(C(C)C)s3)C2)n1. The number of nitrogens with one attached hydrogen (secondary N) is 1. The Hall–Kier alpha value is -2.02. The van der Waals surface area contributed by atoms with Gasteiger partial charge < -0.3 is 10.2 Å². The molecule has 1 N–H and O–H groups in total. The molecule has 24 heavy (non-hydrogen) atoms. The summed E-state index contributed by atoms with van der Waals surface area (Å²) in [7, 11) is 0. The van der Waals surface area contributed by atoms with Crippen molar-refractivity contribution in [2.24, 2.45) is 5.92 Å². The topological polar surface area (TPSA) is 71.0 Å². The molecule has 0 aliphatic carbocycles. The van der Waals surface area contributed by atoms with Crippen molar-refractivity contribution in [1.82, 2.24) is 15.2 Å². The Balaban J connectivity index is 1.65. The molecule has 1 fully saturated rings. The third-order valence-electron chi connectivity index (χ3n) is 4.13. The van der Waals surface area contributed by atoms with E-state index in [-0.39, 0.29) is 11.8 Å². The standard InChI is InChI=1S/C17H23N5OS/c1-11(2)16-20-21-17(24-16)22-9-5-7-13(10-22)15(23)19-14-8-4-6-12(3)18-14/h4,6,8,11,13H,5,7,9-10H2,1-3H3,(H,18,19,23)/t13-/m0/s1. The van der Waals surface area contributed by atoms with Crippen molar-refractivity contribution in [2.45, 2.75) is 39.5 Å². The summed E-state index contributed by atoms with van der Waals surface area (Å²) in [6.45, 7) is 7.76. The minimum atomic E-state index is -0.0486. The first kappa shape index (κ1) is 16.8. The van der Waals surface area contributed by atoms with Crippen LogP contribution in [0.15, 0.2) is 18.2 Å². The van der Waals surface area contributed by atoms with Gasteiger partial charge in [0, 0.05) is 24.7 Å². The minimum absolute atomic E-state index is 0.0337. The van der Waals surface area contributed by atoms with Gasteiger partial charge in [-0.15, -0.1) is 10.2 Å². The maximum atomic E-state index is 12.6. The number of nitrogens with zero attached hydrogens (tertiary/aromatic N) is 4. The summed E-state index contributed by atoms with van der Waals surface area (Å²) in [4.78, 5) is 19.1. The Morgan fingerprint density at radius 2 is 2.21 bits per heavy atom. The van der Waals surface area contributed by atoms with Crippen LogP contribution < -0.4 is 10.2 Å². The molecule has 2 aromatic heterocycles. The van der Waals surface area contributed by atoms with Crippen LogP contribution in [0.5, 0.6) is 0 Å². The van der Waals surface area contributed by atoms with Gasteiger partial charge in [-0.1, -0.05) is 31.3 Å². The van der Waals surface area contributed by atoms with E-state index in [0.717, 1.165) is 35.2 Å². The van der Waals surface area contributed by atoms with Crippen molar-refractivity contribution in [3.05, 3.63) is 28.9 Å². The lowest BCUT2D eigenvalue weighted by Crippen LogP contribution is -2.40. The number of rotatable bonds is 4. The van der Waals surface area contributed by atoms with Gasteiger partial charge >= 0.3 is 0 Å². The van der Waals surface area contributed by atoms with Crippen LogP contribution in [0.3, 0.4) is 0 Å². The number of carbonyl (C=O) groups excluding carboxylic acids is 1. The van der Waals surface area contributed by atoms with E-state index >= 15 is 0 Å². The fourth-order valence-electron chi connectivity index (χ4n) is 2.79. The Morgan fingerprint density at radius 1 is 1.38 bits per heavy atom. The molecule has 1 atom stereocenters. The van der Waals surface area contributed by atoms with E-state index in [2.05, 4.69) is 39.2 Å². The van der Waals surface area contributed by atoms with E-state index in [1.54, 1.807) is 11.3 Å². The van der Waals surface area contributed by atoms with Gasteiger partial charge in [0.1, 0.15) is 10.8 Å². The van der Waals surface area contributed by atoms with Gasteiger partial charge in [-0.2, -0.15) is 0 Å². The first-order valence-electron chi connectivity index (χ1n) is 8.36. The van der Waals surface area contributed by atoms with Crippen LogP contribution in [0.2, 0.25) is 0 Å². The highest BCUT2D eigenvalue weighted by atomic mass is 32.1. The van der Waals surface area contributed by atoms with E-state index < -0.39 is 0 Å². The molecule has 1 amide bonds. The van der Waals surface area contributed by atoms with Gasteiger partial charge in [-0.3, -0.25) is 4.79 Å². The largest absolute Gasteiger partial charge is 0.346 e. The highest BCUT2D eigenvalue weighted by Gasteiger charge is 2.28. The van der Waals surface area contributed by atoms with Crippen molar-refractivity contribution in [1.29, 1.82) is 0 Å². The number of anilines is 2. The summed E-state index contributed by atoms with van der Waals surface area (Å²) in [6.07, 6.45) is 1.87. The second-order valence-corrected chi connectivity index (χ2v) is 7.50. The molecule has 128 valence electrons. The van der Waals surface area contributed by atoms with Crippen molar-refractivity contribution in [2.75, 3.05) is 23.3 Å². The zero-order chi connectivity index (χ0) is 17.1. The van der Waals surface area contributed by atoms with E-state index in [0.29, 0.717) is 18.3 Å². The van der Waals surface area contributed by atoms with Crippen molar-refractivity contribution < 1.29 is 4.79 Å². The van der Waals surface area contributed by atoms with Crippen LogP contribution >= 0.6 is 11.3 Å². The summed E-state index contributed by atoms with van der Waals surface area (Å²) in [5.41, 5.74) is 0.896. The zero-order valence-electron chi connectivity index (χ0n) is 14.3. The second-order valence-electron chi connectivity index (χ2n) is 6.52. The fraction of sp³-hybridized carbons (Fsp3) is 0.529. The molecule has 3 rings (SSSR count). The average molecular weight is 345 g/mol. The lowest BCUT2D eigenvalue weighted by Gasteiger charge is -2.31. The number of hydrogen-bond donors (Lipinski definition) is 1. The quantitative estimate of drug-likeness (QED) is 0.921. The van der Waals surface area contributed by atoms with Crippen molar-refractivity contribution in [3.63, 3.8) is 0 Å². The monoisotopic (exact) mass is 345 g/mol. The fourth-order valence-corrected chi connectivity index (χ4v) is 3.67. The number of carbonyl (C=O) groups is 1. The molecule has 3 heterocycles. The smallest absolute Gasteiger partial charge is 0.230 e. The molecule has 6 nitrogen and oxygen atoms in total. The lowest BCUT2D eigenvalue weighted by molar-refractivity contribution is -0.120. The highest BCUT2D eigenvalue weighted by molar-refractivity contribution is 7.15. The Morgan fingerprint density at radius 3 is 2.92 bits per heavy atom. The molecule has 0 saturated carbocycles. The predicted molar refractivity (Wildman–Crippen MR) is 96.5 cm³/mol. The Bertz CT molecular complexity index is 715. The number of amides is 1. The van der Waals surface area contributed by atoms with Crippen LogP contribution in [0.25, 0.3) is 0 Å². The summed E-state index contributed by atoms with van der Waals surface area (Å²) < 4.78 is 0. The summed E-state index contributed by atoms with van der Waals surface area (Å²) in [5, 5.41) is 13.5. The summed E-state index contributed by atoms with van der Waals surface area (Å²) in [6, 6.07) is 5.64. The zero-order valence-corrected chi connectivity index (χ0v) is 15.1. The van der Waals surface area contributed by atoms with E-state index in [1.165, 1.54) is 0 Å². The van der Waals surface area contributed by atoms with E-state index in [9.17, 15) is 4.79 Å². The molecule has 1 aliphatic heterocycles. The highest BCUT2D eigenvalue weighted by Crippen LogP contribution is 2.29. The van der Waals surface area contributed by atoms with Crippen molar-refractivity contribution >= 4 is 28.2 Å². The van der Waals surface area contributed by atoms with Gasteiger partial charge in [0.2, 0.25) is 11.0 Å². The molecular formula is C17H23N5OS. The molecule has 2 aromatic rings. The second kappa shape index (κ2) is 7.25. The Labute approximate surface area is 146 Å². The molecular weight excluding hydrogens is 322 g/mol. The lowest BCUT2D eigenvalue weighted by atomic mass is 9.97. The molecule has 0 bridgehead atoms.